The topological polar surface area (TPSA) is 77.9 Å². The normalized spacial score (nSPS) is 18.1. The van der Waals surface area contributed by atoms with Crippen molar-refractivity contribution in [3.63, 3.8) is 0 Å². The first-order chi connectivity index (χ1) is 13.5. The number of carboxylic acids is 1. The molecule has 1 N–H and O–H groups in total. The van der Waals surface area contributed by atoms with Crippen molar-refractivity contribution in [1.82, 2.24) is 9.80 Å². The summed E-state index contributed by atoms with van der Waals surface area (Å²) in [5, 5.41) is 8.94. The van der Waals surface area contributed by atoms with Gasteiger partial charge in [0.1, 0.15) is 0 Å². The molecule has 6 nitrogen and oxygen atoms in total. The first-order valence-corrected chi connectivity index (χ1v) is 10.4. The van der Waals surface area contributed by atoms with Crippen molar-refractivity contribution in [2.24, 2.45) is 5.92 Å². The Bertz CT molecular complexity index is 687. The Morgan fingerprint density at radius 3 is 2.00 bits per heavy atom. The molecule has 1 aromatic rings. The molecule has 0 bridgehead atoms. The minimum Gasteiger partial charge on any atom is -0.478 e. The zero-order valence-electron chi connectivity index (χ0n) is 16.4. The van der Waals surface area contributed by atoms with Crippen molar-refractivity contribution in [2.75, 3.05) is 26.2 Å². The van der Waals surface area contributed by atoms with Crippen molar-refractivity contribution in [3.8, 4) is 0 Å². The van der Waals surface area contributed by atoms with Gasteiger partial charge >= 0.3 is 5.97 Å². The van der Waals surface area contributed by atoms with Gasteiger partial charge in [-0.3, -0.25) is 9.59 Å². The van der Waals surface area contributed by atoms with Gasteiger partial charge in [0.2, 0.25) is 11.8 Å². The second-order valence-electron chi connectivity index (χ2n) is 7.98. The summed E-state index contributed by atoms with van der Waals surface area (Å²) in [6.07, 6.45) is 8.38. The summed E-state index contributed by atoms with van der Waals surface area (Å²) >= 11 is 0. The highest BCUT2D eigenvalue weighted by atomic mass is 16.4. The molecule has 1 heterocycles. The van der Waals surface area contributed by atoms with Crippen LogP contribution in [0.1, 0.15) is 60.9 Å². The molecule has 2 amide bonds. The second kappa shape index (κ2) is 9.71. The summed E-state index contributed by atoms with van der Waals surface area (Å²) in [7, 11) is 0. The monoisotopic (exact) mass is 386 g/mol. The zero-order valence-corrected chi connectivity index (χ0v) is 16.4. The molecule has 0 spiro atoms. The summed E-state index contributed by atoms with van der Waals surface area (Å²) in [5.74, 6) is -0.00505. The van der Waals surface area contributed by atoms with Crippen molar-refractivity contribution in [2.45, 2.75) is 51.4 Å². The lowest BCUT2D eigenvalue weighted by atomic mass is 9.86. The predicted molar refractivity (Wildman–Crippen MR) is 106 cm³/mol. The number of nitrogens with zero attached hydrogens (tertiary/aromatic N) is 2. The molecule has 0 unspecified atom stereocenters. The Labute approximate surface area is 166 Å². The molecule has 6 heteroatoms. The number of piperazine rings is 1. The smallest absolute Gasteiger partial charge is 0.335 e. The number of aromatic carboxylic acids is 1. The molecule has 1 aliphatic carbocycles. The summed E-state index contributed by atoms with van der Waals surface area (Å²) in [5.41, 5.74) is 1.03. The maximum atomic E-state index is 12.5. The third-order valence-electron chi connectivity index (χ3n) is 6.03. The maximum absolute atomic E-state index is 12.5. The first-order valence-electron chi connectivity index (χ1n) is 10.4. The van der Waals surface area contributed by atoms with E-state index in [0.29, 0.717) is 38.5 Å². The largest absolute Gasteiger partial charge is 0.478 e. The van der Waals surface area contributed by atoms with E-state index < -0.39 is 5.97 Å². The fraction of sp³-hybridized carbons (Fsp3) is 0.591. The van der Waals surface area contributed by atoms with Crippen molar-refractivity contribution in [3.05, 3.63) is 35.4 Å². The van der Waals surface area contributed by atoms with Gasteiger partial charge in [-0.2, -0.15) is 0 Å². The minimum atomic E-state index is -0.970. The Balaban J connectivity index is 1.40. The lowest BCUT2D eigenvalue weighted by Gasteiger charge is -2.35. The predicted octanol–water partition coefficient (Wildman–Crippen LogP) is 2.96. The van der Waals surface area contributed by atoms with Gasteiger partial charge in [-0.25, -0.2) is 4.79 Å². The van der Waals surface area contributed by atoms with Crippen LogP contribution in [-0.4, -0.2) is 58.9 Å². The fourth-order valence-corrected chi connectivity index (χ4v) is 4.22. The quantitative estimate of drug-likeness (QED) is 0.815. The van der Waals surface area contributed by atoms with E-state index >= 15 is 0 Å². The molecule has 2 aliphatic rings. The van der Waals surface area contributed by atoms with Crippen molar-refractivity contribution < 1.29 is 19.5 Å². The molecule has 0 atom stereocenters. The minimum absolute atomic E-state index is 0.0254. The number of carbonyl (C=O) groups excluding carboxylic acids is 2. The molecule has 0 radical (unpaired) electrons. The Kier molecular flexibility index (Phi) is 7.06. The van der Waals surface area contributed by atoms with E-state index in [-0.39, 0.29) is 23.8 Å². The number of carboxylic acid groups (broad SMARTS) is 1. The summed E-state index contributed by atoms with van der Waals surface area (Å²) in [6.45, 7) is 2.35. The maximum Gasteiger partial charge on any atom is 0.335 e. The van der Waals surface area contributed by atoms with Gasteiger partial charge in [-0.05, 0) is 30.0 Å². The molecule has 3 rings (SSSR count). The lowest BCUT2D eigenvalue weighted by Crippen LogP contribution is -2.51. The van der Waals surface area contributed by atoms with Crippen LogP contribution in [-0.2, 0) is 16.0 Å². The van der Waals surface area contributed by atoms with E-state index in [2.05, 4.69) is 0 Å². The Morgan fingerprint density at radius 2 is 1.43 bits per heavy atom. The first kappa shape index (κ1) is 20.4. The molecule has 1 aromatic carbocycles. The molecule has 28 heavy (non-hydrogen) atoms. The van der Waals surface area contributed by atoms with Crippen LogP contribution in [0, 0.1) is 5.92 Å². The number of amides is 2. The molecule has 1 saturated carbocycles. The highest BCUT2D eigenvalue weighted by Gasteiger charge is 2.25. The standard InChI is InChI=1S/C22H30N2O4/c25-20(11-8-17-4-2-1-3-5-17)23-12-14-24(15-13-23)21(26)16-18-6-9-19(10-7-18)22(27)28/h6-7,9-10,17H,1-5,8,11-16H2,(H,27,28). The van der Waals surface area contributed by atoms with Gasteiger partial charge in [0, 0.05) is 32.6 Å². The number of benzene rings is 1. The SMILES string of the molecule is O=C(O)c1ccc(CC(=O)N2CCN(C(=O)CCC3CCCCC3)CC2)cc1. The number of rotatable bonds is 6. The average Bonchev–Trinajstić information content (AvgIpc) is 2.73. The van der Waals surface area contributed by atoms with Gasteiger partial charge in [0.15, 0.2) is 0 Å². The number of hydrogen-bond donors (Lipinski definition) is 1. The third-order valence-corrected chi connectivity index (χ3v) is 6.03. The van der Waals surface area contributed by atoms with Crippen LogP contribution in [0.2, 0.25) is 0 Å². The molecular formula is C22H30N2O4. The molecular weight excluding hydrogens is 356 g/mol. The molecule has 1 aliphatic heterocycles. The van der Waals surface area contributed by atoms with Gasteiger partial charge in [-0.1, -0.05) is 44.2 Å². The second-order valence-corrected chi connectivity index (χ2v) is 7.98. The van der Waals surface area contributed by atoms with Crippen molar-refractivity contribution >= 4 is 17.8 Å². The summed E-state index contributed by atoms with van der Waals surface area (Å²) in [4.78, 5) is 39.6. The molecule has 152 valence electrons. The van der Waals surface area contributed by atoms with Gasteiger partial charge < -0.3 is 14.9 Å². The van der Waals surface area contributed by atoms with Crippen LogP contribution in [0.3, 0.4) is 0 Å². The van der Waals surface area contributed by atoms with Gasteiger partial charge in [0.25, 0.3) is 0 Å². The van der Waals surface area contributed by atoms with E-state index in [1.807, 2.05) is 4.90 Å². The van der Waals surface area contributed by atoms with Crippen LogP contribution >= 0.6 is 0 Å². The van der Waals surface area contributed by atoms with E-state index in [9.17, 15) is 14.4 Å². The Morgan fingerprint density at radius 1 is 0.857 bits per heavy atom. The highest BCUT2D eigenvalue weighted by Crippen LogP contribution is 2.27. The van der Waals surface area contributed by atoms with E-state index in [4.69, 9.17) is 5.11 Å². The number of carbonyl (C=O) groups is 3. The third kappa shape index (κ3) is 5.57. The van der Waals surface area contributed by atoms with Crippen LogP contribution in [0.15, 0.2) is 24.3 Å². The summed E-state index contributed by atoms with van der Waals surface area (Å²) < 4.78 is 0. The van der Waals surface area contributed by atoms with Gasteiger partial charge in [0.05, 0.1) is 12.0 Å². The van der Waals surface area contributed by atoms with Gasteiger partial charge in [-0.15, -0.1) is 0 Å². The van der Waals surface area contributed by atoms with E-state index in [1.165, 1.54) is 44.2 Å². The molecule has 2 fully saturated rings. The van der Waals surface area contributed by atoms with Crippen LogP contribution in [0.5, 0.6) is 0 Å². The average molecular weight is 386 g/mol. The lowest BCUT2D eigenvalue weighted by molar-refractivity contribution is -0.139. The van der Waals surface area contributed by atoms with Crippen LogP contribution in [0.4, 0.5) is 0 Å². The van der Waals surface area contributed by atoms with Crippen molar-refractivity contribution in [1.29, 1.82) is 0 Å². The molecule has 0 aromatic heterocycles. The highest BCUT2D eigenvalue weighted by molar-refractivity contribution is 5.87. The van der Waals surface area contributed by atoms with Crippen LogP contribution in [0.25, 0.3) is 0 Å². The van der Waals surface area contributed by atoms with E-state index in [0.717, 1.165) is 12.0 Å². The van der Waals surface area contributed by atoms with Crippen LogP contribution < -0.4 is 0 Å². The Hall–Kier alpha value is -2.37. The molecule has 1 saturated heterocycles. The number of hydrogen-bond acceptors (Lipinski definition) is 3. The van der Waals surface area contributed by atoms with E-state index in [1.54, 1.807) is 17.0 Å². The summed E-state index contributed by atoms with van der Waals surface area (Å²) in [6, 6.07) is 6.42. The zero-order chi connectivity index (χ0) is 19.9. The fourth-order valence-electron chi connectivity index (χ4n) is 4.22.